The first-order valence-electron chi connectivity index (χ1n) is 9.58. The third-order valence-electron chi connectivity index (χ3n) is 4.87. The van der Waals surface area contributed by atoms with Crippen molar-refractivity contribution < 1.29 is 4.79 Å². The molecule has 1 saturated heterocycles. The Hall–Kier alpha value is -2.43. The van der Waals surface area contributed by atoms with Crippen molar-refractivity contribution >= 4 is 28.3 Å². The number of nitrogens with zero attached hydrogens (tertiary/aromatic N) is 1. The second kappa shape index (κ2) is 9.67. The molecule has 5 heteroatoms. The predicted molar refractivity (Wildman–Crippen MR) is 115 cm³/mol. The molecule has 0 radical (unpaired) electrons. The molecule has 2 atom stereocenters. The van der Waals surface area contributed by atoms with E-state index in [0.717, 1.165) is 18.5 Å². The molecule has 1 aliphatic heterocycles. The van der Waals surface area contributed by atoms with Crippen molar-refractivity contribution in [2.45, 2.75) is 32.9 Å². The maximum Gasteiger partial charge on any atom is 0.237 e. The van der Waals surface area contributed by atoms with Gasteiger partial charge in [0.15, 0.2) is 0 Å². The van der Waals surface area contributed by atoms with E-state index in [-0.39, 0.29) is 11.9 Å². The van der Waals surface area contributed by atoms with Crippen LogP contribution in [0.3, 0.4) is 0 Å². The number of nitrogens with one attached hydrogen (secondary N) is 2. The Morgan fingerprint density at radius 1 is 1.21 bits per heavy atom. The van der Waals surface area contributed by atoms with Crippen LogP contribution >= 0.6 is 11.6 Å². The highest BCUT2D eigenvalue weighted by Gasteiger charge is 2.26. The quantitative estimate of drug-likeness (QED) is 0.686. The topological polar surface area (TPSA) is 54.0 Å². The van der Waals surface area contributed by atoms with Crippen LogP contribution in [0.5, 0.6) is 0 Å². The number of hydrogen-bond acceptors (Lipinski definition) is 3. The summed E-state index contributed by atoms with van der Waals surface area (Å²) in [5.74, 6) is 0.639. The number of pyridine rings is 1. The number of benzene rings is 2. The number of fused-ring (bicyclic) bond motifs is 1. The lowest BCUT2D eigenvalue weighted by Crippen LogP contribution is -2.40. The van der Waals surface area contributed by atoms with E-state index in [1.165, 1.54) is 16.3 Å². The summed E-state index contributed by atoms with van der Waals surface area (Å²) in [5.41, 5.74) is 2.25. The molecule has 0 aliphatic carbocycles. The fourth-order valence-corrected chi connectivity index (χ4v) is 3.46. The predicted octanol–water partition coefficient (Wildman–Crippen LogP) is 4.50. The van der Waals surface area contributed by atoms with Gasteiger partial charge in [0, 0.05) is 29.3 Å². The molecule has 2 N–H and O–H groups in total. The molecule has 1 amide bonds. The van der Waals surface area contributed by atoms with Crippen molar-refractivity contribution in [1.82, 2.24) is 15.6 Å². The maximum atomic E-state index is 11.9. The Bertz CT molecular complexity index is 944. The summed E-state index contributed by atoms with van der Waals surface area (Å²) in [4.78, 5) is 15.9. The summed E-state index contributed by atoms with van der Waals surface area (Å²) in [5, 5.41) is 9.29. The summed E-state index contributed by atoms with van der Waals surface area (Å²) >= 11 is 6.02. The van der Waals surface area contributed by atoms with Crippen molar-refractivity contribution in [1.29, 1.82) is 0 Å². The van der Waals surface area contributed by atoms with E-state index in [0.29, 0.717) is 17.5 Å². The third kappa shape index (κ3) is 5.54. The lowest BCUT2D eigenvalue weighted by Gasteiger charge is -2.11. The van der Waals surface area contributed by atoms with Crippen molar-refractivity contribution in [2.75, 3.05) is 6.54 Å². The van der Waals surface area contributed by atoms with Crippen LogP contribution in [0, 0.1) is 12.8 Å². The van der Waals surface area contributed by atoms with Crippen molar-refractivity contribution in [3.8, 4) is 0 Å². The number of aryl methyl sites for hydroxylation is 1. The highest BCUT2D eigenvalue weighted by molar-refractivity contribution is 6.31. The van der Waals surface area contributed by atoms with Crippen LogP contribution in [-0.4, -0.2) is 23.5 Å². The Morgan fingerprint density at radius 2 is 2.04 bits per heavy atom. The molecule has 4 nitrogen and oxygen atoms in total. The van der Waals surface area contributed by atoms with Gasteiger partial charge in [-0.15, -0.1) is 0 Å². The van der Waals surface area contributed by atoms with Gasteiger partial charge in [-0.05, 0) is 48.9 Å². The number of hydrogen-bond donors (Lipinski definition) is 2. The number of rotatable bonds is 3. The van der Waals surface area contributed by atoms with Crippen molar-refractivity contribution in [3.63, 3.8) is 0 Å². The number of carbonyl (C=O) groups is 1. The van der Waals surface area contributed by atoms with Gasteiger partial charge in [-0.25, -0.2) is 0 Å². The average molecular weight is 396 g/mol. The molecule has 1 aliphatic rings. The van der Waals surface area contributed by atoms with Gasteiger partial charge in [-0.3, -0.25) is 9.78 Å². The minimum Gasteiger partial charge on any atom is -0.351 e. The Balaban J connectivity index is 0.000000176. The molecule has 4 rings (SSSR count). The zero-order valence-electron chi connectivity index (χ0n) is 16.3. The van der Waals surface area contributed by atoms with E-state index in [2.05, 4.69) is 47.7 Å². The molecule has 0 spiro atoms. The second-order valence-electron chi connectivity index (χ2n) is 7.34. The van der Waals surface area contributed by atoms with Crippen LogP contribution in [0.15, 0.2) is 60.9 Å². The Kier molecular flexibility index (Phi) is 7.01. The van der Waals surface area contributed by atoms with E-state index in [1.807, 2.05) is 42.7 Å². The first kappa shape index (κ1) is 20.3. The molecule has 28 heavy (non-hydrogen) atoms. The molecule has 3 aromatic rings. The summed E-state index contributed by atoms with van der Waals surface area (Å²) in [6, 6.07) is 15.9. The summed E-state index contributed by atoms with van der Waals surface area (Å²) in [6.07, 6.45) is 4.62. The van der Waals surface area contributed by atoms with Gasteiger partial charge in [-0.2, -0.15) is 0 Å². The molecule has 1 aromatic heterocycles. The lowest BCUT2D eigenvalue weighted by atomic mass is 10.1. The van der Waals surface area contributed by atoms with Gasteiger partial charge in [0.2, 0.25) is 5.91 Å². The molecule has 2 unspecified atom stereocenters. The standard InChI is InChI=1S/C13H17ClN2O.C10H9N/c1-9-6-12(15-7-9)13(17)16-8-10-4-2-3-5-11(10)14;1-8-2-3-10-7-11-5-4-9(10)6-8/h2-5,9,12,15H,6-8H2,1H3,(H,16,17);2-7H,1H3. The smallest absolute Gasteiger partial charge is 0.237 e. The molecule has 1 fully saturated rings. The van der Waals surface area contributed by atoms with Crippen LogP contribution in [-0.2, 0) is 11.3 Å². The maximum absolute atomic E-state index is 11.9. The molecule has 0 saturated carbocycles. The molecular formula is C23H26ClN3O. The fourth-order valence-electron chi connectivity index (χ4n) is 3.26. The third-order valence-corrected chi connectivity index (χ3v) is 5.24. The largest absolute Gasteiger partial charge is 0.351 e. The lowest BCUT2D eigenvalue weighted by molar-refractivity contribution is -0.123. The minimum atomic E-state index is -0.0486. The molecular weight excluding hydrogens is 370 g/mol. The van der Waals surface area contributed by atoms with Crippen LogP contribution in [0.1, 0.15) is 24.5 Å². The monoisotopic (exact) mass is 395 g/mol. The normalized spacial score (nSPS) is 18.4. The number of amides is 1. The Morgan fingerprint density at radius 3 is 2.79 bits per heavy atom. The van der Waals surface area contributed by atoms with Gasteiger partial charge in [0.05, 0.1) is 6.04 Å². The van der Waals surface area contributed by atoms with Gasteiger partial charge in [0.1, 0.15) is 0 Å². The summed E-state index contributed by atoms with van der Waals surface area (Å²) < 4.78 is 0. The van der Waals surface area contributed by atoms with E-state index < -0.39 is 0 Å². The molecule has 0 bridgehead atoms. The van der Waals surface area contributed by atoms with Crippen LogP contribution < -0.4 is 10.6 Å². The van der Waals surface area contributed by atoms with E-state index in [9.17, 15) is 4.79 Å². The highest BCUT2D eigenvalue weighted by Crippen LogP contribution is 2.16. The van der Waals surface area contributed by atoms with Crippen LogP contribution in [0.25, 0.3) is 10.8 Å². The van der Waals surface area contributed by atoms with E-state index >= 15 is 0 Å². The van der Waals surface area contributed by atoms with Crippen molar-refractivity contribution in [2.24, 2.45) is 5.92 Å². The highest BCUT2D eigenvalue weighted by atomic mass is 35.5. The molecule has 2 heterocycles. The second-order valence-corrected chi connectivity index (χ2v) is 7.74. The van der Waals surface area contributed by atoms with E-state index in [1.54, 1.807) is 0 Å². The van der Waals surface area contributed by atoms with Gasteiger partial charge in [-0.1, -0.05) is 60.5 Å². The first-order valence-corrected chi connectivity index (χ1v) is 9.95. The van der Waals surface area contributed by atoms with Crippen molar-refractivity contribution in [3.05, 3.63) is 77.1 Å². The average Bonchev–Trinajstić information content (AvgIpc) is 3.14. The van der Waals surface area contributed by atoms with E-state index in [4.69, 9.17) is 11.6 Å². The number of aromatic nitrogens is 1. The van der Waals surface area contributed by atoms with Gasteiger partial charge >= 0.3 is 0 Å². The SMILES string of the molecule is CC1CNC(C(=O)NCc2ccccc2Cl)C1.Cc1ccc2cnccc2c1. The first-order chi connectivity index (χ1) is 13.5. The zero-order chi connectivity index (χ0) is 19.9. The summed E-state index contributed by atoms with van der Waals surface area (Å²) in [7, 11) is 0. The van der Waals surface area contributed by atoms with Crippen LogP contribution in [0.2, 0.25) is 5.02 Å². The fraction of sp³-hybridized carbons (Fsp3) is 0.304. The number of carbonyl (C=O) groups excluding carboxylic acids is 1. The molecule has 146 valence electrons. The summed E-state index contributed by atoms with van der Waals surface area (Å²) in [6.45, 7) is 5.66. The molecule has 2 aromatic carbocycles. The Labute approximate surface area is 171 Å². The zero-order valence-corrected chi connectivity index (χ0v) is 17.0. The van der Waals surface area contributed by atoms with Crippen LogP contribution in [0.4, 0.5) is 0 Å². The van der Waals surface area contributed by atoms with Gasteiger partial charge < -0.3 is 10.6 Å². The number of halogens is 1. The minimum absolute atomic E-state index is 0.0486. The van der Waals surface area contributed by atoms with Gasteiger partial charge in [0.25, 0.3) is 0 Å².